The largest absolute Gasteiger partial charge is 0.573 e. The van der Waals surface area contributed by atoms with Gasteiger partial charge in [-0.25, -0.2) is 13.4 Å². The molecule has 2 atom stereocenters. The molecule has 2 amide bonds. The fourth-order valence-corrected chi connectivity index (χ4v) is 4.79. The van der Waals surface area contributed by atoms with Gasteiger partial charge in [0.1, 0.15) is 11.0 Å². The monoisotopic (exact) mass is 535 g/mol. The van der Waals surface area contributed by atoms with E-state index in [2.05, 4.69) is 19.8 Å². The topological polar surface area (TPSA) is 145 Å². The van der Waals surface area contributed by atoms with Crippen molar-refractivity contribution >= 4 is 38.4 Å². The average molecular weight is 536 g/mol. The number of hydrazone groups is 1. The molecule has 0 aliphatic carbocycles. The molecule has 2 aromatic carbocycles. The number of amides is 2. The normalized spacial score (nSPS) is 16.9. The molecule has 14 heteroatoms. The summed E-state index contributed by atoms with van der Waals surface area (Å²) in [5.41, 5.74) is 7.75. The Balaban J connectivity index is 1.69. The van der Waals surface area contributed by atoms with Crippen molar-refractivity contribution in [1.29, 1.82) is 0 Å². The van der Waals surface area contributed by atoms with Gasteiger partial charge in [-0.2, -0.15) is 5.10 Å². The minimum atomic E-state index is -4.85. The van der Waals surface area contributed by atoms with Crippen molar-refractivity contribution < 1.29 is 35.9 Å². The van der Waals surface area contributed by atoms with Gasteiger partial charge in [-0.1, -0.05) is 6.07 Å². The van der Waals surface area contributed by atoms with Crippen molar-refractivity contribution in [3.8, 4) is 5.75 Å². The van der Waals surface area contributed by atoms with Crippen LogP contribution in [0.2, 0.25) is 0 Å². The number of hydrogen-bond acceptors (Lipinski definition) is 8. The SMILES string of the molecule is CS(=O)(=O)C(CC(=O)N1N=C(c2ccc(OC(F)(F)F)cc2)CC1c1ccc2nccnc2c1)C(N)=O. The Morgan fingerprint density at radius 3 is 2.35 bits per heavy atom. The van der Waals surface area contributed by atoms with Crippen molar-refractivity contribution in [3.63, 3.8) is 0 Å². The van der Waals surface area contributed by atoms with E-state index in [1.54, 1.807) is 18.2 Å². The van der Waals surface area contributed by atoms with Gasteiger partial charge >= 0.3 is 6.36 Å². The number of benzene rings is 2. The van der Waals surface area contributed by atoms with E-state index in [0.29, 0.717) is 27.9 Å². The van der Waals surface area contributed by atoms with E-state index >= 15 is 0 Å². The third kappa shape index (κ3) is 6.02. The maximum atomic E-state index is 13.2. The van der Waals surface area contributed by atoms with Crippen molar-refractivity contribution in [1.82, 2.24) is 15.0 Å². The zero-order valence-electron chi connectivity index (χ0n) is 19.2. The Morgan fingerprint density at radius 2 is 1.76 bits per heavy atom. The van der Waals surface area contributed by atoms with Gasteiger partial charge in [0.2, 0.25) is 11.8 Å². The van der Waals surface area contributed by atoms with E-state index in [9.17, 15) is 31.2 Å². The average Bonchev–Trinajstić information content (AvgIpc) is 3.26. The first-order chi connectivity index (χ1) is 17.3. The van der Waals surface area contributed by atoms with Gasteiger partial charge in [0.05, 0.1) is 29.2 Å². The van der Waals surface area contributed by atoms with E-state index in [4.69, 9.17) is 5.73 Å². The van der Waals surface area contributed by atoms with Crippen molar-refractivity contribution in [2.24, 2.45) is 10.8 Å². The van der Waals surface area contributed by atoms with Crippen LogP contribution in [0.25, 0.3) is 11.0 Å². The fraction of sp³-hybridized carbons (Fsp3) is 0.261. The second-order valence-corrected chi connectivity index (χ2v) is 10.5. The van der Waals surface area contributed by atoms with E-state index in [0.717, 1.165) is 23.4 Å². The highest BCUT2D eigenvalue weighted by atomic mass is 32.2. The number of primary amides is 1. The second kappa shape index (κ2) is 9.76. The number of ether oxygens (including phenoxy) is 1. The van der Waals surface area contributed by atoms with Crippen molar-refractivity contribution in [3.05, 3.63) is 66.0 Å². The summed E-state index contributed by atoms with van der Waals surface area (Å²) < 4.78 is 65.4. The Bertz CT molecular complexity index is 1490. The first-order valence-electron chi connectivity index (χ1n) is 10.8. The van der Waals surface area contributed by atoms with Crippen LogP contribution in [0.15, 0.2) is 60.0 Å². The van der Waals surface area contributed by atoms with Crippen LogP contribution in [0.4, 0.5) is 13.2 Å². The lowest BCUT2D eigenvalue weighted by Gasteiger charge is -2.23. The highest BCUT2D eigenvalue weighted by Gasteiger charge is 2.38. The van der Waals surface area contributed by atoms with Crippen molar-refractivity contribution in [2.75, 3.05) is 6.26 Å². The molecule has 0 saturated carbocycles. The van der Waals surface area contributed by atoms with E-state index in [-0.39, 0.29) is 6.42 Å². The molecule has 0 spiro atoms. The summed E-state index contributed by atoms with van der Waals surface area (Å²) in [4.78, 5) is 33.4. The van der Waals surface area contributed by atoms with Crippen LogP contribution in [0.5, 0.6) is 5.75 Å². The van der Waals surface area contributed by atoms with Crippen LogP contribution in [-0.2, 0) is 19.4 Å². The molecule has 1 aliphatic rings. The van der Waals surface area contributed by atoms with Crippen LogP contribution < -0.4 is 10.5 Å². The van der Waals surface area contributed by atoms with Crippen LogP contribution in [0.1, 0.15) is 30.0 Å². The smallest absolute Gasteiger partial charge is 0.406 e. The van der Waals surface area contributed by atoms with Gasteiger partial charge in [0.15, 0.2) is 9.84 Å². The summed E-state index contributed by atoms with van der Waals surface area (Å²) >= 11 is 0. The minimum Gasteiger partial charge on any atom is -0.406 e. The molecule has 0 bridgehead atoms. The summed E-state index contributed by atoms with van der Waals surface area (Å²) in [6.45, 7) is 0. The van der Waals surface area contributed by atoms with Crippen LogP contribution >= 0.6 is 0 Å². The van der Waals surface area contributed by atoms with Crippen LogP contribution in [-0.4, -0.2) is 58.8 Å². The molecule has 1 aromatic heterocycles. The van der Waals surface area contributed by atoms with Gasteiger partial charge in [-0.05, 0) is 47.5 Å². The molecule has 3 aromatic rings. The molecule has 2 unspecified atom stereocenters. The number of nitrogens with two attached hydrogens (primary N) is 1. The Morgan fingerprint density at radius 1 is 1.11 bits per heavy atom. The minimum absolute atomic E-state index is 0.150. The zero-order valence-corrected chi connectivity index (χ0v) is 20.0. The highest BCUT2D eigenvalue weighted by molar-refractivity contribution is 7.92. The lowest BCUT2D eigenvalue weighted by atomic mass is 9.97. The third-order valence-electron chi connectivity index (χ3n) is 5.66. The number of rotatable bonds is 7. The van der Waals surface area contributed by atoms with E-state index in [1.807, 2.05) is 0 Å². The fourth-order valence-electron chi connectivity index (χ4n) is 3.93. The summed E-state index contributed by atoms with van der Waals surface area (Å²) in [5.74, 6) is -2.37. The number of alkyl halides is 3. The van der Waals surface area contributed by atoms with Gasteiger partial charge in [0, 0.05) is 25.1 Å². The standard InChI is InChI=1S/C23H20F3N5O5S/c1-37(34,35)20(22(27)33)12-21(32)31-19(14-4-7-16-18(10-14)29-9-8-28-16)11-17(30-31)13-2-5-15(6-3-13)36-23(24,25)26/h2-10,19-20H,11-12H2,1H3,(H2,27,33). The molecule has 0 saturated heterocycles. The lowest BCUT2D eigenvalue weighted by Crippen LogP contribution is -2.40. The number of sulfone groups is 1. The van der Waals surface area contributed by atoms with Crippen molar-refractivity contribution in [2.45, 2.75) is 30.5 Å². The molecular formula is C23H20F3N5O5S. The first kappa shape index (κ1) is 26.0. The summed E-state index contributed by atoms with van der Waals surface area (Å²) in [5, 5.41) is 3.66. The molecule has 194 valence electrons. The van der Waals surface area contributed by atoms with Gasteiger partial charge in [-0.15, -0.1) is 13.2 Å². The first-order valence-corrected chi connectivity index (χ1v) is 12.7. The maximum absolute atomic E-state index is 13.2. The molecular weight excluding hydrogens is 515 g/mol. The van der Waals surface area contributed by atoms with Gasteiger partial charge in [-0.3, -0.25) is 19.6 Å². The van der Waals surface area contributed by atoms with Crippen LogP contribution in [0, 0.1) is 0 Å². The second-order valence-electron chi connectivity index (χ2n) is 8.31. The summed E-state index contributed by atoms with van der Waals surface area (Å²) in [6, 6.07) is 9.35. The number of carbonyl (C=O) groups excluding carboxylic acids is 2. The molecule has 1 aliphatic heterocycles. The number of aromatic nitrogens is 2. The predicted molar refractivity (Wildman–Crippen MR) is 126 cm³/mol. The molecule has 0 fully saturated rings. The Hall–Kier alpha value is -4.07. The van der Waals surface area contributed by atoms with Gasteiger partial charge < -0.3 is 10.5 Å². The predicted octanol–water partition coefficient (Wildman–Crippen LogP) is 2.49. The number of hydrogen-bond donors (Lipinski definition) is 1. The molecule has 4 rings (SSSR count). The van der Waals surface area contributed by atoms with E-state index in [1.165, 1.54) is 24.5 Å². The maximum Gasteiger partial charge on any atom is 0.573 e. The summed E-state index contributed by atoms with van der Waals surface area (Å²) in [6.07, 6.45) is -1.60. The molecule has 37 heavy (non-hydrogen) atoms. The number of nitrogens with zero attached hydrogens (tertiary/aromatic N) is 4. The molecule has 2 N–H and O–H groups in total. The van der Waals surface area contributed by atoms with Crippen LogP contribution in [0.3, 0.4) is 0 Å². The number of fused-ring (bicyclic) bond motifs is 1. The number of carbonyl (C=O) groups is 2. The lowest BCUT2D eigenvalue weighted by molar-refractivity contribution is -0.274. The molecule has 2 heterocycles. The third-order valence-corrected chi connectivity index (χ3v) is 7.09. The highest BCUT2D eigenvalue weighted by Crippen LogP contribution is 2.35. The molecule has 10 nitrogen and oxygen atoms in total. The quantitative estimate of drug-likeness (QED) is 0.489. The Labute approximate surface area is 208 Å². The Kier molecular flexibility index (Phi) is 6.86. The number of halogens is 3. The zero-order chi connectivity index (χ0) is 27.0. The summed E-state index contributed by atoms with van der Waals surface area (Å²) in [7, 11) is -3.98. The molecule has 0 radical (unpaired) electrons. The van der Waals surface area contributed by atoms with E-state index < -0.39 is 51.5 Å². The van der Waals surface area contributed by atoms with Gasteiger partial charge in [0.25, 0.3) is 0 Å².